The van der Waals surface area contributed by atoms with Crippen LogP contribution in [0.4, 0.5) is 0 Å². The number of carbonyl (C=O) groups is 1. The lowest BCUT2D eigenvalue weighted by molar-refractivity contribution is -0.121. The van der Waals surface area contributed by atoms with Crippen LogP contribution in [0.3, 0.4) is 0 Å². The molecule has 1 saturated carbocycles. The molecule has 0 spiro atoms. The van der Waals surface area contributed by atoms with E-state index in [1.165, 1.54) is 12.1 Å². The number of hydrogen-bond acceptors (Lipinski definition) is 2. The summed E-state index contributed by atoms with van der Waals surface area (Å²) in [5.74, 6) is 1.15. The molecule has 1 aliphatic heterocycles. The summed E-state index contributed by atoms with van der Waals surface area (Å²) < 4.78 is 0. The van der Waals surface area contributed by atoms with Gasteiger partial charge in [0.25, 0.3) is 0 Å². The van der Waals surface area contributed by atoms with E-state index in [1.807, 2.05) is 0 Å². The van der Waals surface area contributed by atoms with Crippen molar-refractivity contribution in [2.75, 3.05) is 0 Å². The zero-order chi connectivity index (χ0) is 12.8. The number of carbonyl (C=O) groups excluding carboxylic acids is 1. The molecule has 0 aromatic heterocycles. The lowest BCUT2D eigenvalue weighted by atomic mass is 9.61. The zero-order valence-corrected chi connectivity index (χ0v) is 11.6. The topological polar surface area (TPSA) is 41.5 Å². The van der Waals surface area contributed by atoms with Gasteiger partial charge in [-0.05, 0) is 52.9 Å². The summed E-state index contributed by atoms with van der Waals surface area (Å²) in [4.78, 5) is 16.2. The highest BCUT2D eigenvalue weighted by Gasteiger charge is 2.48. The van der Waals surface area contributed by atoms with Gasteiger partial charge in [0.1, 0.15) is 0 Å². The minimum absolute atomic E-state index is 0.0728. The molecule has 0 aromatic rings. The molecule has 96 valence electrons. The maximum Gasteiger partial charge on any atom is 0.217 e. The summed E-state index contributed by atoms with van der Waals surface area (Å²) >= 11 is 0. The van der Waals surface area contributed by atoms with Crippen molar-refractivity contribution in [3.8, 4) is 0 Å². The molecule has 2 bridgehead atoms. The van der Waals surface area contributed by atoms with Gasteiger partial charge >= 0.3 is 0 Å². The predicted molar refractivity (Wildman–Crippen MR) is 70.2 cm³/mol. The fraction of sp³-hybridized carbons (Fsp3) is 0.857. The van der Waals surface area contributed by atoms with Crippen molar-refractivity contribution < 1.29 is 4.79 Å². The smallest absolute Gasteiger partial charge is 0.217 e. The highest BCUT2D eigenvalue weighted by atomic mass is 16.1. The minimum Gasteiger partial charge on any atom is -0.351 e. The fourth-order valence-corrected chi connectivity index (χ4v) is 3.76. The third kappa shape index (κ3) is 2.12. The van der Waals surface area contributed by atoms with Crippen LogP contribution in [0.1, 0.15) is 53.9 Å². The van der Waals surface area contributed by atoms with Crippen LogP contribution in [0, 0.1) is 11.8 Å². The summed E-state index contributed by atoms with van der Waals surface area (Å²) in [5, 5.41) is 3.15. The Morgan fingerprint density at radius 3 is 2.65 bits per heavy atom. The minimum atomic E-state index is -0.0909. The Labute approximate surface area is 104 Å². The molecule has 1 aliphatic carbocycles. The van der Waals surface area contributed by atoms with E-state index in [0.29, 0.717) is 11.8 Å². The van der Waals surface area contributed by atoms with E-state index >= 15 is 0 Å². The van der Waals surface area contributed by atoms with Crippen LogP contribution >= 0.6 is 0 Å². The standard InChI is InChI=1S/C14H24N2O/c1-9-12-8-11(13(3,4)15-9)6-7-14(12,5)16-10(2)17/h11-12H,6-8H2,1-5H3,(H,16,17)/t11-,12-,14+/m0/s1. The first-order chi connectivity index (χ1) is 7.74. The van der Waals surface area contributed by atoms with E-state index in [-0.39, 0.29) is 17.0 Å². The van der Waals surface area contributed by atoms with Gasteiger partial charge in [0.2, 0.25) is 5.91 Å². The Kier molecular flexibility index (Phi) is 2.83. The van der Waals surface area contributed by atoms with Crippen molar-refractivity contribution in [2.24, 2.45) is 16.8 Å². The average Bonchev–Trinajstić information content (AvgIpc) is 2.13. The van der Waals surface area contributed by atoms with E-state index in [0.717, 1.165) is 12.8 Å². The van der Waals surface area contributed by atoms with Gasteiger partial charge in [-0.25, -0.2) is 0 Å². The van der Waals surface area contributed by atoms with E-state index in [9.17, 15) is 4.79 Å². The highest BCUT2D eigenvalue weighted by molar-refractivity contribution is 5.88. The van der Waals surface area contributed by atoms with Gasteiger partial charge in [0.15, 0.2) is 0 Å². The number of hydrogen-bond donors (Lipinski definition) is 1. The Bertz CT molecular complexity index is 372. The molecule has 2 aliphatic rings. The molecular weight excluding hydrogens is 212 g/mol. The van der Waals surface area contributed by atoms with Crippen LogP contribution in [0.25, 0.3) is 0 Å². The molecule has 1 heterocycles. The number of nitrogens with one attached hydrogen (secondary N) is 1. The largest absolute Gasteiger partial charge is 0.351 e. The third-order valence-corrected chi connectivity index (χ3v) is 4.73. The van der Waals surface area contributed by atoms with Crippen molar-refractivity contribution >= 4 is 11.6 Å². The summed E-state index contributed by atoms with van der Waals surface area (Å²) in [6.45, 7) is 10.4. The normalized spacial score (nSPS) is 39.5. The number of fused-ring (bicyclic) bond motifs is 2. The van der Waals surface area contributed by atoms with E-state index in [2.05, 4.69) is 33.0 Å². The molecule has 17 heavy (non-hydrogen) atoms. The Morgan fingerprint density at radius 2 is 2.06 bits per heavy atom. The van der Waals surface area contributed by atoms with Gasteiger partial charge in [0.05, 0.1) is 5.54 Å². The zero-order valence-electron chi connectivity index (χ0n) is 11.6. The molecule has 0 radical (unpaired) electrons. The van der Waals surface area contributed by atoms with Crippen LogP contribution in [0.15, 0.2) is 4.99 Å². The van der Waals surface area contributed by atoms with Gasteiger partial charge in [-0.2, -0.15) is 0 Å². The predicted octanol–water partition coefficient (Wildman–Crippen LogP) is 2.55. The number of amides is 1. The lowest BCUT2D eigenvalue weighted by Gasteiger charge is -2.51. The van der Waals surface area contributed by atoms with Crippen LogP contribution in [-0.2, 0) is 4.79 Å². The van der Waals surface area contributed by atoms with Gasteiger partial charge in [-0.3, -0.25) is 9.79 Å². The highest BCUT2D eigenvalue weighted by Crippen LogP contribution is 2.46. The van der Waals surface area contributed by atoms with Gasteiger partial charge in [0, 0.05) is 24.1 Å². The maximum atomic E-state index is 11.4. The number of rotatable bonds is 1. The molecule has 2 rings (SSSR count). The Hall–Kier alpha value is -0.860. The molecule has 1 N–H and O–H groups in total. The van der Waals surface area contributed by atoms with Crippen molar-refractivity contribution in [3.63, 3.8) is 0 Å². The first-order valence-corrected chi connectivity index (χ1v) is 6.60. The average molecular weight is 236 g/mol. The second-order valence-corrected chi connectivity index (χ2v) is 6.53. The van der Waals surface area contributed by atoms with Crippen molar-refractivity contribution in [1.29, 1.82) is 0 Å². The summed E-state index contributed by atoms with van der Waals surface area (Å²) in [6.07, 6.45) is 3.40. The Balaban J connectivity index is 2.31. The quantitative estimate of drug-likeness (QED) is 0.747. The van der Waals surface area contributed by atoms with Crippen molar-refractivity contribution in [1.82, 2.24) is 5.32 Å². The Morgan fingerprint density at radius 1 is 1.41 bits per heavy atom. The van der Waals surface area contributed by atoms with Gasteiger partial charge in [-0.1, -0.05) is 0 Å². The molecule has 1 fully saturated rings. The first kappa shape index (κ1) is 12.6. The molecule has 0 saturated heterocycles. The second kappa shape index (κ2) is 3.82. The monoisotopic (exact) mass is 236 g/mol. The molecule has 0 unspecified atom stereocenters. The summed E-state index contributed by atoms with van der Waals surface area (Å²) in [6, 6.07) is 0. The van der Waals surface area contributed by atoms with Gasteiger partial charge in [-0.15, -0.1) is 0 Å². The molecule has 3 nitrogen and oxygen atoms in total. The summed E-state index contributed by atoms with van der Waals surface area (Å²) in [5.41, 5.74) is 1.20. The fourth-order valence-electron chi connectivity index (χ4n) is 3.76. The SMILES string of the molecule is CC(=O)N[C@]1(C)CC[C@H]2C[C@H]1C(C)=NC2(C)C. The van der Waals surface area contributed by atoms with Crippen LogP contribution in [-0.4, -0.2) is 22.7 Å². The molecule has 0 aromatic carbocycles. The molecule has 1 amide bonds. The van der Waals surface area contributed by atoms with Crippen LogP contribution in [0.5, 0.6) is 0 Å². The van der Waals surface area contributed by atoms with Crippen molar-refractivity contribution in [3.05, 3.63) is 0 Å². The van der Waals surface area contributed by atoms with E-state index < -0.39 is 0 Å². The van der Waals surface area contributed by atoms with E-state index in [4.69, 9.17) is 4.99 Å². The number of aliphatic imine (C=N–C) groups is 1. The van der Waals surface area contributed by atoms with E-state index in [1.54, 1.807) is 6.92 Å². The third-order valence-electron chi connectivity index (χ3n) is 4.73. The first-order valence-electron chi connectivity index (χ1n) is 6.60. The summed E-state index contributed by atoms with van der Waals surface area (Å²) in [7, 11) is 0. The lowest BCUT2D eigenvalue weighted by Crippen LogP contribution is -2.59. The molecule has 3 heteroatoms. The maximum absolute atomic E-state index is 11.4. The number of nitrogens with zero attached hydrogens (tertiary/aromatic N) is 1. The molecular formula is C14H24N2O. The second-order valence-electron chi connectivity index (χ2n) is 6.53. The van der Waals surface area contributed by atoms with Crippen LogP contribution in [0.2, 0.25) is 0 Å². The van der Waals surface area contributed by atoms with Crippen LogP contribution < -0.4 is 5.32 Å². The van der Waals surface area contributed by atoms with Crippen molar-refractivity contribution in [2.45, 2.75) is 65.0 Å². The van der Waals surface area contributed by atoms with Gasteiger partial charge < -0.3 is 5.32 Å². The molecule has 3 atom stereocenters.